The Labute approximate surface area is 603 Å². The summed E-state index contributed by atoms with van der Waals surface area (Å²) in [7, 11) is 7.22. The van der Waals surface area contributed by atoms with Gasteiger partial charge in [0.15, 0.2) is 0 Å². The fourth-order valence-corrected chi connectivity index (χ4v) is 14.0. The molecule has 4 aromatic carbocycles. The largest absolute Gasteiger partial charge is 0.444 e. The zero-order valence-corrected chi connectivity index (χ0v) is 61.7. The molecule has 8 amide bonds. The zero-order valence-electron chi connectivity index (χ0n) is 58.4. The van der Waals surface area contributed by atoms with E-state index in [1.807, 2.05) is 133 Å². The molecule has 8 N–H and O–H groups in total. The molecule has 0 aliphatic rings. The van der Waals surface area contributed by atoms with Gasteiger partial charge in [-0.3, -0.25) is 19.6 Å². The fraction of sp³-hybridized carbons (Fsp3) is 0.432. The van der Waals surface area contributed by atoms with E-state index < -0.39 is 66.4 Å². The van der Waals surface area contributed by atoms with Crippen LogP contribution in [0.5, 0.6) is 0 Å². The fourth-order valence-electron chi connectivity index (χ4n) is 11.4. The lowest BCUT2D eigenvalue weighted by molar-refractivity contribution is -0.124. The second-order valence-electron chi connectivity index (χ2n) is 26.0. The molecule has 0 unspecified atom stereocenters. The molecule has 8 rings (SSSR count). The van der Waals surface area contributed by atoms with Gasteiger partial charge < -0.3 is 61.8 Å². The van der Waals surface area contributed by atoms with Crippen LogP contribution in [-0.2, 0) is 71.0 Å². The van der Waals surface area contributed by atoms with Gasteiger partial charge in [-0.2, -0.15) is 0 Å². The number of amides is 8. The Morgan fingerprint density at radius 2 is 0.930 bits per heavy atom. The van der Waals surface area contributed by atoms with Crippen LogP contribution in [0.3, 0.4) is 0 Å². The average Bonchev–Trinajstić information content (AvgIpc) is 1.13. The smallest absolute Gasteiger partial charge is 0.407 e. The van der Waals surface area contributed by atoms with Crippen molar-refractivity contribution in [2.45, 2.75) is 166 Å². The third-order valence-corrected chi connectivity index (χ3v) is 20.6. The number of aromatic nitrogens is 4. The van der Waals surface area contributed by atoms with Crippen molar-refractivity contribution in [1.29, 1.82) is 0 Å². The summed E-state index contributed by atoms with van der Waals surface area (Å²) in [5, 5.41) is 24.8. The molecule has 534 valence electrons. The predicted molar refractivity (Wildman–Crippen MR) is 397 cm³/mol. The minimum absolute atomic E-state index is 0.0409. The molecule has 0 spiro atoms. The summed E-state index contributed by atoms with van der Waals surface area (Å²) in [6, 6.07) is 31.5. The number of rotatable bonds is 38. The topological polar surface area (TPSA) is 280 Å². The van der Waals surface area contributed by atoms with Crippen molar-refractivity contribution in [3.8, 4) is 11.1 Å². The van der Waals surface area contributed by atoms with E-state index in [4.69, 9.17) is 25.2 Å². The van der Waals surface area contributed by atoms with Gasteiger partial charge in [0, 0.05) is 73.3 Å². The number of hydrogen-bond donors (Lipinski definition) is 7. The summed E-state index contributed by atoms with van der Waals surface area (Å²) in [5.41, 5.74) is 16.7. The summed E-state index contributed by atoms with van der Waals surface area (Å²) in [5.74, 6) is -0.214. The normalized spacial score (nSPS) is 13.2. The molecule has 4 aromatic heterocycles. The lowest BCUT2D eigenvalue weighted by Gasteiger charge is -2.28. The number of ether oxygens (including phenoxy) is 2. The lowest BCUT2D eigenvalue weighted by Crippen LogP contribution is -2.53. The summed E-state index contributed by atoms with van der Waals surface area (Å²) in [6.07, 6.45) is 6.11. The first-order valence-electron chi connectivity index (χ1n) is 34.0. The minimum Gasteiger partial charge on any atom is -0.444 e. The van der Waals surface area contributed by atoms with E-state index >= 15 is 0 Å². The summed E-state index contributed by atoms with van der Waals surface area (Å²) in [6.45, 7) is 9.62. The number of benzene rings is 4. The maximum atomic E-state index is 14.8. The SMILES string of the molecule is CC(C)c1nc(CN(C)C(=O)N[C@@H](CCN(C)C)C(=O)N[C@H](CC[C@H](Cc2cccc(-c3ccccc3C[C@@H](CC[C@H](Cc3ccccc3)NC(=O)OCc3cncs3)NC(=O)[C@H](CCN)NC(=O)N(C)Cc3csc(C(C)C)n3)c2)NC(=O)OCc2cncs2)Cc2ccccc2)cs1. The molecule has 100 heavy (non-hydrogen) atoms. The Hall–Kier alpha value is -8.66. The van der Waals surface area contributed by atoms with Crippen LogP contribution < -0.4 is 37.6 Å². The van der Waals surface area contributed by atoms with Crippen LogP contribution in [0.25, 0.3) is 11.1 Å². The van der Waals surface area contributed by atoms with Crippen LogP contribution >= 0.6 is 45.3 Å². The number of nitrogens with zero attached hydrogens (tertiary/aromatic N) is 7. The van der Waals surface area contributed by atoms with Crippen molar-refractivity contribution >= 4 is 81.4 Å². The van der Waals surface area contributed by atoms with Crippen LogP contribution in [0.2, 0.25) is 0 Å². The number of urea groups is 2. The van der Waals surface area contributed by atoms with Gasteiger partial charge in [-0.05, 0) is 125 Å². The van der Waals surface area contributed by atoms with Gasteiger partial charge in [0.1, 0.15) is 25.3 Å². The molecule has 0 saturated carbocycles. The molecular formula is C74H96N14O8S4. The van der Waals surface area contributed by atoms with Gasteiger partial charge >= 0.3 is 24.2 Å². The Morgan fingerprint density at radius 1 is 0.490 bits per heavy atom. The van der Waals surface area contributed by atoms with Gasteiger partial charge in [-0.15, -0.1) is 45.3 Å². The van der Waals surface area contributed by atoms with Crippen molar-refractivity contribution in [3.05, 3.63) is 197 Å². The molecule has 0 aliphatic heterocycles. The third-order valence-electron chi connectivity index (χ3n) is 16.7. The number of thiazole rings is 4. The number of hydrogen-bond acceptors (Lipinski definition) is 18. The lowest BCUT2D eigenvalue weighted by atomic mass is 9.90. The second-order valence-corrected chi connectivity index (χ2v) is 29.8. The Bertz CT molecular complexity index is 3800. The van der Waals surface area contributed by atoms with Crippen molar-refractivity contribution in [1.82, 2.24) is 66.5 Å². The molecule has 8 aromatic rings. The molecule has 26 heteroatoms. The van der Waals surface area contributed by atoms with Crippen molar-refractivity contribution < 1.29 is 38.2 Å². The molecule has 0 bridgehead atoms. The van der Waals surface area contributed by atoms with E-state index in [0.29, 0.717) is 64.3 Å². The first kappa shape index (κ1) is 77.1. The van der Waals surface area contributed by atoms with E-state index in [0.717, 1.165) is 64.5 Å². The Kier molecular flexibility index (Phi) is 30.8. The molecule has 22 nitrogen and oxygen atoms in total. The standard InChI is InChI=1S/C74H96N14O8S4/c1-49(2)69-80-60(45-97-69)41-87(7)71(91)84-65(30-32-75)67(89)79-59(29-28-57(36-52-20-13-10-14-21-52)82-73(93)95-43-62-39-76-47-99-62)38-55-23-15-16-25-64(55)54-24-17-22-53(34-54)37-58(83-74(94)96-44-63-40-77-48-100-63)27-26-56(35-51-18-11-9-12-19-51)78-68(90)66(31-33-86(5)6)85-72(92)88(8)42-61-46-98-70(81-61)50(3)4/h9-25,34,39-40,45-50,56-59,65-66H,26-33,35-38,41-44,75H2,1-8H3,(H,78,90)(H,79,89)(H,82,93)(H,83,94)(H,84,91)(H,85,92)/t56-,57-,58-,59-,65+,66+/m1/s1. The number of alkyl carbamates (subject to hydrolysis) is 2. The van der Waals surface area contributed by atoms with Crippen molar-refractivity contribution in [3.63, 3.8) is 0 Å². The number of carbonyl (C=O) groups is 6. The van der Waals surface area contributed by atoms with Gasteiger partial charge in [0.2, 0.25) is 11.8 Å². The first-order valence-corrected chi connectivity index (χ1v) is 37.5. The van der Waals surface area contributed by atoms with Crippen molar-refractivity contribution in [2.75, 3.05) is 41.3 Å². The zero-order chi connectivity index (χ0) is 71.3. The van der Waals surface area contributed by atoms with E-state index in [1.165, 1.54) is 27.6 Å². The second kappa shape index (κ2) is 40.0. The summed E-state index contributed by atoms with van der Waals surface area (Å²) in [4.78, 5) is 109. The number of nitrogens with one attached hydrogen (secondary N) is 6. The third kappa shape index (κ3) is 25.8. The predicted octanol–water partition coefficient (Wildman–Crippen LogP) is 11.8. The minimum atomic E-state index is -0.976. The molecule has 0 fully saturated rings. The van der Waals surface area contributed by atoms with E-state index in [1.54, 1.807) is 65.1 Å². The molecule has 0 aliphatic carbocycles. The van der Waals surface area contributed by atoms with Crippen LogP contribution in [0.15, 0.2) is 143 Å². The monoisotopic (exact) mass is 1440 g/mol. The van der Waals surface area contributed by atoms with Crippen molar-refractivity contribution in [2.24, 2.45) is 5.73 Å². The Morgan fingerprint density at radius 3 is 1.38 bits per heavy atom. The summed E-state index contributed by atoms with van der Waals surface area (Å²) < 4.78 is 11.5. The van der Waals surface area contributed by atoms with E-state index in [9.17, 15) is 28.8 Å². The maximum Gasteiger partial charge on any atom is 0.407 e. The van der Waals surface area contributed by atoms with E-state index in [2.05, 4.69) is 75.6 Å². The highest BCUT2D eigenvalue weighted by molar-refractivity contribution is 7.10. The van der Waals surface area contributed by atoms with Gasteiger partial charge in [-0.25, -0.2) is 29.1 Å². The highest BCUT2D eigenvalue weighted by atomic mass is 32.1. The van der Waals surface area contributed by atoms with E-state index in [-0.39, 0.29) is 57.0 Å². The van der Waals surface area contributed by atoms with Crippen LogP contribution in [0.4, 0.5) is 19.2 Å². The molecule has 0 radical (unpaired) electrons. The number of carbonyl (C=O) groups excluding carboxylic acids is 6. The highest BCUT2D eigenvalue weighted by Crippen LogP contribution is 2.29. The molecule has 4 heterocycles. The quantitative estimate of drug-likeness (QED) is 0.0190. The van der Waals surface area contributed by atoms with Crippen LogP contribution in [0, 0.1) is 0 Å². The first-order chi connectivity index (χ1) is 48.2. The summed E-state index contributed by atoms with van der Waals surface area (Å²) >= 11 is 5.89. The Balaban J connectivity index is 1.04. The van der Waals surface area contributed by atoms with Gasteiger partial charge in [0.25, 0.3) is 0 Å². The van der Waals surface area contributed by atoms with Gasteiger partial charge in [0.05, 0.1) is 55.3 Å². The van der Waals surface area contributed by atoms with Crippen LogP contribution in [-0.4, -0.2) is 148 Å². The molecule has 0 saturated heterocycles. The number of nitrogens with two attached hydrogens (primary N) is 1. The molecule has 6 atom stereocenters. The van der Waals surface area contributed by atoms with Gasteiger partial charge in [-0.1, -0.05) is 137 Å². The maximum absolute atomic E-state index is 14.8. The van der Waals surface area contributed by atoms with Crippen LogP contribution in [0.1, 0.15) is 131 Å². The highest BCUT2D eigenvalue weighted by Gasteiger charge is 2.30. The molecular weight excluding hydrogens is 1340 g/mol. The average molecular weight is 1440 g/mol.